The minimum absolute atomic E-state index is 0.211. The first-order valence-corrected chi connectivity index (χ1v) is 8.98. The summed E-state index contributed by atoms with van der Waals surface area (Å²) in [5.74, 6) is 1.21. The van der Waals surface area contributed by atoms with Crippen LogP contribution in [0.3, 0.4) is 0 Å². The molecule has 4 aromatic rings. The Kier molecular flexibility index (Phi) is 3.94. The van der Waals surface area contributed by atoms with Gasteiger partial charge >= 0.3 is 0 Å². The minimum Gasteiger partial charge on any atom is -0.454 e. The molecule has 0 spiro atoms. The van der Waals surface area contributed by atoms with Gasteiger partial charge < -0.3 is 14.8 Å². The van der Waals surface area contributed by atoms with Crippen LogP contribution >= 0.6 is 0 Å². The standard InChI is InChI=1S/C22H17N3O3/c26-22(23-12-14-8-9-20-21(10-14)28-13-27-20)19-11-18(24-25-19)17-7-3-5-15-4-1-2-6-16(15)17/h1-11H,12-13H2,(H,23,26)(H,24,25). The van der Waals surface area contributed by atoms with Gasteiger partial charge in [-0.15, -0.1) is 0 Å². The van der Waals surface area contributed by atoms with Gasteiger partial charge in [0.2, 0.25) is 6.79 Å². The topological polar surface area (TPSA) is 76.2 Å². The average Bonchev–Trinajstić information content (AvgIpc) is 3.41. The lowest BCUT2D eigenvalue weighted by atomic mass is 10.0. The quantitative estimate of drug-likeness (QED) is 0.571. The molecule has 0 saturated carbocycles. The van der Waals surface area contributed by atoms with Gasteiger partial charge in [-0.05, 0) is 34.5 Å². The van der Waals surface area contributed by atoms with E-state index in [1.807, 2.05) is 42.5 Å². The van der Waals surface area contributed by atoms with Crippen LogP contribution in [0.5, 0.6) is 11.5 Å². The van der Waals surface area contributed by atoms with Gasteiger partial charge in [-0.2, -0.15) is 5.10 Å². The second kappa shape index (κ2) is 6.74. The van der Waals surface area contributed by atoms with Gasteiger partial charge in [0.15, 0.2) is 11.5 Å². The molecule has 2 heterocycles. The molecule has 28 heavy (non-hydrogen) atoms. The number of aromatic nitrogens is 2. The lowest BCUT2D eigenvalue weighted by molar-refractivity contribution is 0.0946. The Morgan fingerprint density at radius 2 is 1.86 bits per heavy atom. The Hall–Kier alpha value is -3.80. The van der Waals surface area contributed by atoms with Gasteiger partial charge in [0.05, 0.1) is 5.69 Å². The minimum atomic E-state index is -0.211. The van der Waals surface area contributed by atoms with E-state index in [-0.39, 0.29) is 12.7 Å². The number of amides is 1. The second-order valence-electron chi connectivity index (χ2n) is 6.56. The third-order valence-electron chi connectivity index (χ3n) is 4.78. The molecule has 0 unspecified atom stereocenters. The fourth-order valence-electron chi connectivity index (χ4n) is 3.35. The summed E-state index contributed by atoms with van der Waals surface area (Å²) in [6.07, 6.45) is 0. The monoisotopic (exact) mass is 371 g/mol. The van der Waals surface area contributed by atoms with E-state index in [4.69, 9.17) is 9.47 Å². The normalized spacial score (nSPS) is 12.3. The summed E-state index contributed by atoms with van der Waals surface area (Å²) in [6, 6.07) is 21.6. The van der Waals surface area contributed by atoms with E-state index in [0.29, 0.717) is 18.0 Å². The molecule has 0 aliphatic carbocycles. The van der Waals surface area contributed by atoms with Crippen LogP contribution in [0.15, 0.2) is 66.7 Å². The molecule has 1 amide bonds. The van der Waals surface area contributed by atoms with E-state index in [9.17, 15) is 4.79 Å². The van der Waals surface area contributed by atoms with Crippen LogP contribution in [-0.2, 0) is 6.54 Å². The molecular weight excluding hydrogens is 354 g/mol. The molecule has 0 saturated heterocycles. The Bertz CT molecular complexity index is 1180. The van der Waals surface area contributed by atoms with Crippen LogP contribution in [0.1, 0.15) is 16.1 Å². The highest BCUT2D eigenvalue weighted by Crippen LogP contribution is 2.32. The molecule has 6 heteroatoms. The Morgan fingerprint density at radius 3 is 2.82 bits per heavy atom. The van der Waals surface area contributed by atoms with Crippen molar-refractivity contribution >= 4 is 16.7 Å². The molecule has 0 radical (unpaired) electrons. The maximum atomic E-state index is 12.5. The van der Waals surface area contributed by atoms with Crippen molar-refractivity contribution in [1.82, 2.24) is 15.5 Å². The van der Waals surface area contributed by atoms with Gasteiger partial charge in [0.1, 0.15) is 5.69 Å². The number of fused-ring (bicyclic) bond motifs is 2. The summed E-state index contributed by atoms with van der Waals surface area (Å²) in [7, 11) is 0. The number of carbonyl (C=O) groups is 1. The van der Waals surface area contributed by atoms with Crippen molar-refractivity contribution in [3.05, 3.63) is 78.0 Å². The van der Waals surface area contributed by atoms with Crippen LogP contribution in [-0.4, -0.2) is 22.9 Å². The maximum Gasteiger partial charge on any atom is 0.269 e. The van der Waals surface area contributed by atoms with Crippen LogP contribution in [0.4, 0.5) is 0 Å². The summed E-state index contributed by atoms with van der Waals surface area (Å²) < 4.78 is 10.7. The molecular formula is C22H17N3O3. The number of benzene rings is 3. The molecule has 138 valence electrons. The predicted octanol–water partition coefficient (Wildman–Crippen LogP) is 3.89. The van der Waals surface area contributed by atoms with Gasteiger partial charge in [-0.1, -0.05) is 48.5 Å². The number of carbonyl (C=O) groups excluding carboxylic acids is 1. The van der Waals surface area contributed by atoms with Gasteiger partial charge in [0.25, 0.3) is 5.91 Å². The zero-order valence-corrected chi connectivity index (χ0v) is 14.9. The van der Waals surface area contributed by atoms with E-state index < -0.39 is 0 Å². The third kappa shape index (κ3) is 2.95. The van der Waals surface area contributed by atoms with Crippen LogP contribution < -0.4 is 14.8 Å². The highest BCUT2D eigenvalue weighted by atomic mass is 16.7. The first-order chi connectivity index (χ1) is 13.8. The van der Waals surface area contributed by atoms with Crippen LogP contribution in [0.2, 0.25) is 0 Å². The Morgan fingerprint density at radius 1 is 1.00 bits per heavy atom. The zero-order chi connectivity index (χ0) is 18.9. The molecule has 5 rings (SSSR count). The van der Waals surface area contributed by atoms with Crippen molar-refractivity contribution in [2.75, 3.05) is 6.79 Å². The number of hydrogen-bond donors (Lipinski definition) is 2. The van der Waals surface area contributed by atoms with Crippen molar-refractivity contribution in [2.24, 2.45) is 0 Å². The van der Waals surface area contributed by atoms with E-state index in [0.717, 1.165) is 33.3 Å². The smallest absolute Gasteiger partial charge is 0.269 e. The lowest BCUT2D eigenvalue weighted by Crippen LogP contribution is -2.23. The van der Waals surface area contributed by atoms with E-state index in [1.165, 1.54) is 0 Å². The van der Waals surface area contributed by atoms with Crippen LogP contribution in [0.25, 0.3) is 22.0 Å². The predicted molar refractivity (Wildman–Crippen MR) is 105 cm³/mol. The number of hydrogen-bond acceptors (Lipinski definition) is 4. The molecule has 6 nitrogen and oxygen atoms in total. The van der Waals surface area contributed by atoms with Crippen LogP contribution in [0, 0.1) is 0 Å². The first kappa shape index (κ1) is 16.4. The van der Waals surface area contributed by atoms with Gasteiger partial charge in [0, 0.05) is 12.1 Å². The molecule has 0 bridgehead atoms. The van der Waals surface area contributed by atoms with E-state index in [1.54, 1.807) is 6.07 Å². The number of H-pyrrole nitrogens is 1. The molecule has 1 aromatic heterocycles. The molecule has 0 atom stereocenters. The number of rotatable bonds is 4. The highest BCUT2D eigenvalue weighted by molar-refractivity contribution is 5.98. The summed E-state index contributed by atoms with van der Waals surface area (Å²) >= 11 is 0. The third-order valence-corrected chi connectivity index (χ3v) is 4.78. The molecule has 1 aliphatic heterocycles. The first-order valence-electron chi connectivity index (χ1n) is 8.98. The molecule has 0 fully saturated rings. The summed E-state index contributed by atoms with van der Waals surface area (Å²) in [6.45, 7) is 0.619. The number of nitrogens with one attached hydrogen (secondary N) is 2. The lowest BCUT2D eigenvalue weighted by Gasteiger charge is -2.05. The van der Waals surface area contributed by atoms with E-state index >= 15 is 0 Å². The van der Waals surface area contributed by atoms with Crippen molar-refractivity contribution in [1.29, 1.82) is 0 Å². The largest absolute Gasteiger partial charge is 0.454 e. The molecule has 1 aliphatic rings. The fraction of sp³-hybridized carbons (Fsp3) is 0.0909. The van der Waals surface area contributed by atoms with Gasteiger partial charge in [-0.3, -0.25) is 9.89 Å². The summed E-state index contributed by atoms with van der Waals surface area (Å²) in [5.41, 5.74) is 3.09. The van der Waals surface area contributed by atoms with Crippen molar-refractivity contribution < 1.29 is 14.3 Å². The SMILES string of the molecule is O=C(NCc1ccc2c(c1)OCO2)c1cc(-c2cccc3ccccc23)n[nH]1. The van der Waals surface area contributed by atoms with Crippen molar-refractivity contribution in [3.8, 4) is 22.8 Å². The number of nitrogens with zero attached hydrogens (tertiary/aromatic N) is 1. The summed E-state index contributed by atoms with van der Waals surface area (Å²) in [4.78, 5) is 12.5. The highest BCUT2D eigenvalue weighted by Gasteiger charge is 2.15. The average molecular weight is 371 g/mol. The van der Waals surface area contributed by atoms with E-state index in [2.05, 4.69) is 33.7 Å². The number of aromatic amines is 1. The Labute approximate surface area is 161 Å². The maximum absolute atomic E-state index is 12.5. The summed E-state index contributed by atoms with van der Waals surface area (Å²) in [5, 5.41) is 12.3. The zero-order valence-electron chi connectivity index (χ0n) is 14.9. The van der Waals surface area contributed by atoms with Crippen molar-refractivity contribution in [2.45, 2.75) is 6.54 Å². The number of ether oxygens (including phenoxy) is 2. The second-order valence-corrected chi connectivity index (χ2v) is 6.56. The Balaban J connectivity index is 1.33. The molecule has 3 aromatic carbocycles. The molecule has 2 N–H and O–H groups in total. The van der Waals surface area contributed by atoms with Gasteiger partial charge in [-0.25, -0.2) is 0 Å². The van der Waals surface area contributed by atoms with Crippen molar-refractivity contribution in [3.63, 3.8) is 0 Å². The fourth-order valence-corrected chi connectivity index (χ4v) is 3.35.